The van der Waals surface area contributed by atoms with E-state index in [1.54, 1.807) is 6.92 Å². The Kier molecular flexibility index (Phi) is 6.96. The Labute approximate surface area is 105 Å². The molecule has 0 fully saturated rings. The zero-order valence-corrected chi connectivity index (χ0v) is 9.97. The molecule has 4 N–H and O–H groups in total. The highest BCUT2D eigenvalue weighted by molar-refractivity contribution is 5.83. The minimum absolute atomic E-state index is 0.190. The number of carbonyl (C=O) groups excluding carboxylic acids is 1. The Morgan fingerprint density at radius 3 is 2.28 bits per heavy atom. The molecule has 0 bridgehead atoms. The Hall–Kier alpha value is -2.23. The minimum atomic E-state index is -1.29. The fourth-order valence-electron chi connectivity index (χ4n) is 1.14. The second kappa shape index (κ2) is 7.95. The van der Waals surface area contributed by atoms with Crippen molar-refractivity contribution < 1.29 is 24.6 Å². The van der Waals surface area contributed by atoms with Gasteiger partial charge in [0.2, 0.25) is 0 Å². The number of rotatable bonds is 7. The van der Waals surface area contributed by atoms with E-state index in [4.69, 9.17) is 16.6 Å². The fraction of sp³-hybridized carbons (Fsp3) is 0.545. The van der Waals surface area contributed by atoms with E-state index in [0.717, 1.165) is 0 Å². The molecule has 0 spiro atoms. The van der Waals surface area contributed by atoms with Crippen molar-refractivity contribution in [1.29, 1.82) is 0 Å². The second-order valence-corrected chi connectivity index (χ2v) is 3.57. The highest BCUT2D eigenvalue weighted by atomic mass is 16.4. The Bertz CT molecular complexity index is 361. The van der Waals surface area contributed by atoms with Crippen LogP contribution in [0.4, 0.5) is 4.79 Å². The van der Waals surface area contributed by atoms with Gasteiger partial charge in [-0.05, 0) is 12.8 Å². The maximum absolute atomic E-state index is 11.4. The molecule has 0 saturated carbocycles. The van der Waals surface area contributed by atoms with Crippen molar-refractivity contribution in [3.05, 3.63) is 0 Å². The summed E-state index contributed by atoms with van der Waals surface area (Å²) in [5, 5.41) is 21.8. The van der Waals surface area contributed by atoms with Crippen molar-refractivity contribution in [3.8, 4) is 12.3 Å². The van der Waals surface area contributed by atoms with Gasteiger partial charge in [-0.25, -0.2) is 9.59 Å². The van der Waals surface area contributed by atoms with Crippen molar-refractivity contribution in [2.45, 2.75) is 38.3 Å². The van der Waals surface area contributed by atoms with Gasteiger partial charge < -0.3 is 20.8 Å². The third-order valence-corrected chi connectivity index (χ3v) is 2.17. The van der Waals surface area contributed by atoms with Crippen molar-refractivity contribution in [1.82, 2.24) is 10.6 Å². The van der Waals surface area contributed by atoms with Gasteiger partial charge in [0.1, 0.15) is 6.04 Å². The topological polar surface area (TPSA) is 116 Å². The summed E-state index contributed by atoms with van der Waals surface area (Å²) in [6.45, 7) is 1.77. The molecule has 7 nitrogen and oxygen atoms in total. The van der Waals surface area contributed by atoms with Gasteiger partial charge in [-0.3, -0.25) is 4.79 Å². The summed E-state index contributed by atoms with van der Waals surface area (Å²) >= 11 is 0. The van der Waals surface area contributed by atoms with Crippen LogP contribution in [0.15, 0.2) is 0 Å². The predicted molar refractivity (Wildman–Crippen MR) is 62.9 cm³/mol. The summed E-state index contributed by atoms with van der Waals surface area (Å²) in [5.41, 5.74) is 0. The molecule has 0 aromatic heterocycles. The lowest BCUT2D eigenvalue weighted by molar-refractivity contribution is -0.140. The number of aliphatic carboxylic acids is 2. The van der Waals surface area contributed by atoms with E-state index in [1.807, 2.05) is 0 Å². The van der Waals surface area contributed by atoms with Gasteiger partial charge in [0.25, 0.3) is 0 Å². The Morgan fingerprint density at radius 1 is 1.28 bits per heavy atom. The molecule has 18 heavy (non-hydrogen) atoms. The number of carboxylic acid groups (broad SMARTS) is 2. The molecular weight excluding hydrogens is 240 g/mol. The number of carboxylic acids is 2. The van der Waals surface area contributed by atoms with Crippen molar-refractivity contribution in [2.24, 2.45) is 0 Å². The number of nitrogens with one attached hydrogen (secondary N) is 2. The lowest BCUT2D eigenvalue weighted by Crippen LogP contribution is -2.48. The van der Waals surface area contributed by atoms with Crippen LogP contribution in [-0.4, -0.2) is 40.3 Å². The quantitative estimate of drug-likeness (QED) is 0.479. The molecule has 0 radical (unpaired) electrons. The number of hydrogen-bond donors (Lipinski definition) is 4. The van der Waals surface area contributed by atoms with Crippen LogP contribution in [0.3, 0.4) is 0 Å². The van der Waals surface area contributed by atoms with Crippen LogP contribution in [0.5, 0.6) is 0 Å². The van der Waals surface area contributed by atoms with Gasteiger partial charge in [0.15, 0.2) is 0 Å². The van der Waals surface area contributed by atoms with Crippen LogP contribution in [0.25, 0.3) is 0 Å². The normalized spacial score (nSPS) is 12.9. The van der Waals surface area contributed by atoms with E-state index < -0.39 is 30.1 Å². The third kappa shape index (κ3) is 6.37. The lowest BCUT2D eigenvalue weighted by Gasteiger charge is -2.16. The summed E-state index contributed by atoms with van der Waals surface area (Å²) < 4.78 is 0. The summed E-state index contributed by atoms with van der Waals surface area (Å²) in [6.07, 6.45) is 5.11. The standard InChI is InChI=1S/C11H16N2O5/c1-3-7(4-2)12-11(18)13-8(10(16)17)5-6-9(14)15/h1,7-8H,4-6H2,2H3,(H,14,15)(H,16,17)(H2,12,13,18). The van der Waals surface area contributed by atoms with Crippen molar-refractivity contribution >= 4 is 18.0 Å². The van der Waals surface area contributed by atoms with E-state index >= 15 is 0 Å². The highest BCUT2D eigenvalue weighted by Gasteiger charge is 2.21. The monoisotopic (exact) mass is 256 g/mol. The molecule has 0 aromatic carbocycles. The van der Waals surface area contributed by atoms with Crippen LogP contribution in [-0.2, 0) is 9.59 Å². The first-order chi connectivity index (χ1) is 8.40. The highest BCUT2D eigenvalue weighted by Crippen LogP contribution is 1.98. The predicted octanol–water partition coefficient (Wildman–Crippen LogP) is 0.0154. The molecule has 7 heteroatoms. The van der Waals surface area contributed by atoms with E-state index in [2.05, 4.69) is 16.6 Å². The van der Waals surface area contributed by atoms with E-state index in [1.165, 1.54) is 0 Å². The van der Waals surface area contributed by atoms with Gasteiger partial charge >= 0.3 is 18.0 Å². The van der Waals surface area contributed by atoms with Gasteiger partial charge in [-0.15, -0.1) is 6.42 Å². The van der Waals surface area contributed by atoms with E-state index in [9.17, 15) is 14.4 Å². The van der Waals surface area contributed by atoms with Gasteiger partial charge in [0, 0.05) is 6.42 Å². The molecular formula is C11H16N2O5. The first-order valence-electron chi connectivity index (χ1n) is 5.38. The lowest BCUT2D eigenvalue weighted by atomic mass is 10.1. The molecule has 0 aliphatic carbocycles. The molecule has 0 saturated heterocycles. The van der Waals surface area contributed by atoms with Crippen LogP contribution in [0.2, 0.25) is 0 Å². The first kappa shape index (κ1) is 15.8. The molecule has 2 atom stereocenters. The van der Waals surface area contributed by atoms with Crippen LogP contribution in [0, 0.1) is 12.3 Å². The molecule has 0 aliphatic rings. The summed E-state index contributed by atoms with van der Waals surface area (Å²) in [5.74, 6) is -0.0960. The van der Waals surface area contributed by atoms with Crippen molar-refractivity contribution in [3.63, 3.8) is 0 Å². The van der Waals surface area contributed by atoms with Gasteiger partial charge in [-0.2, -0.15) is 0 Å². The summed E-state index contributed by atoms with van der Waals surface area (Å²) in [6, 6.07) is -2.46. The Balaban J connectivity index is 4.32. The smallest absolute Gasteiger partial charge is 0.326 e. The van der Waals surface area contributed by atoms with Crippen LogP contribution < -0.4 is 10.6 Å². The average molecular weight is 256 g/mol. The minimum Gasteiger partial charge on any atom is -0.481 e. The molecule has 2 amide bonds. The van der Waals surface area contributed by atoms with Gasteiger partial charge in [-0.1, -0.05) is 12.8 Å². The number of hydrogen-bond acceptors (Lipinski definition) is 3. The second-order valence-electron chi connectivity index (χ2n) is 3.57. The molecule has 0 heterocycles. The molecule has 100 valence electrons. The fourth-order valence-corrected chi connectivity index (χ4v) is 1.14. The largest absolute Gasteiger partial charge is 0.481 e. The maximum atomic E-state index is 11.4. The number of amides is 2. The first-order valence-corrected chi connectivity index (χ1v) is 5.38. The zero-order chi connectivity index (χ0) is 14.1. The SMILES string of the molecule is C#CC(CC)NC(=O)NC(CCC(=O)O)C(=O)O. The van der Waals surface area contributed by atoms with Gasteiger partial charge in [0.05, 0.1) is 6.04 Å². The Morgan fingerprint density at radius 2 is 1.89 bits per heavy atom. The number of terminal acetylenes is 1. The van der Waals surface area contributed by atoms with E-state index in [-0.39, 0.29) is 12.8 Å². The molecule has 2 unspecified atom stereocenters. The summed E-state index contributed by atoms with van der Waals surface area (Å²) in [4.78, 5) is 32.5. The molecule has 0 rings (SSSR count). The number of urea groups is 1. The molecule has 0 aliphatic heterocycles. The van der Waals surface area contributed by atoms with Crippen LogP contribution in [0.1, 0.15) is 26.2 Å². The summed E-state index contributed by atoms with van der Waals surface area (Å²) in [7, 11) is 0. The number of carbonyl (C=O) groups is 3. The average Bonchev–Trinajstić information content (AvgIpc) is 2.30. The van der Waals surface area contributed by atoms with Crippen LogP contribution >= 0.6 is 0 Å². The molecule has 0 aromatic rings. The zero-order valence-electron chi connectivity index (χ0n) is 9.97. The van der Waals surface area contributed by atoms with E-state index in [0.29, 0.717) is 6.42 Å². The maximum Gasteiger partial charge on any atom is 0.326 e. The third-order valence-electron chi connectivity index (χ3n) is 2.17. The van der Waals surface area contributed by atoms with Crippen molar-refractivity contribution in [2.75, 3.05) is 0 Å².